The van der Waals surface area contributed by atoms with E-state index in [2.05, 4.69) is 30.3 Å². The van der Waals surface area contributed by atoms with Crippen LogP contribution in [0, 0.1) is 0 Å². The van der Waals surface area contributed by atoms with Gasteiger partial charge < -0.3 is 15.0 Å². The van der Waals surface area contributed by atoms with Crippen molar-refractivity contribution in [1.82, 2.24) is 30.0 Å². The zero-order valence-corrected chi connectivity index (χ0v) is 15.7. The third kappa shape index (κ3) is 3.78. The van der Waals surface area contributed by atoms with Gasteiger partial charge in [0.2, 0.25) is 5.95 Å². The molecule has 9 heteroatoms. The van der Waals surface area contributed by atoms with Crippen molar-refractivity contribution in [2.24, 2.45) is 7.05 Å². The van der Waals surface area contributed by atoms with E-state index in [-0.39, 0.29) is 11.9 Å². The number of hydrogen-bond donors (Lipinski definition) is 1. The lowest BCUT2D eigenvalue weighted by Crippen LogP contribution is -2.37. The van der Waals surface area contributed by atoms with Crippen LogP contribution in [0.1, 0.15) is 16.8 Å². The van der Waals surface area contributed by atoms with Crippen molar-refractivity contribution in [1.29, 1.82) is 0 Å². The molecule has 0 radical (unpaired) electrons. The number of pyridine rings is 1. The van der Waals surface area contributed by atoms with Gasteiger partial charge in [-0.15, -0.1) is 0 Å². The van der Waals surface area contributed by atoms with Crippen LogP contribution in [0.2, 0.25) is 0 Å². The Bertz CT molecular complexity index is 988. The van der Waals surface area contributed by atoms with Gasteiger partial charge in [-0.2, -0.15) is 5.10 Å². The van der Waals surface area contributed by atoms with E-state index < -0.39 is 0 Å². The molecule has 0 saturated carbocycles. The first kappa shape index (κ1) is 17.9. The molecule has 3 aromatic heterocycles. The molecule has 1 saturated heterocycles. The Morgan fingerprint density at radius 1 is 1.32 bits per heavy atom. The van der Waals surface area contributed by atoms with Gasteiger partial charge in [0.25, 0.3) is 5.91 Å². The predicted molar refractivity (Wildman–Crippen MR) is 103 cm³/mol. The number of rotatable bonds is 5. The highest BCUT2D eigenvalue weighted by Crippen LogP contribution is 2.21. The Hall–Kier alpha value is -3.49. The number of aromatic nitrogens is 5. The van der Waals surface area contributed by atoms with E-state index in [1.54, 1.807) is 36.4 Å². The molecule has 1 unspecified atom stereocenters. The molecule has 1 atom stereocenters. The second-order valence-corrected chi connectivity index (χ2v) is 6.66. The maximum Gasteiger partial charge on any atom is 0.253 e. The number of carbonyl (C=O) groups is 1. The Morgan fingerprint density at radius 3 is 3.00 bits per heavy atom. The van der Waals surface area contributed by atoms with Gasteiger partial charge in [0.15, 0.2) is 0 Å². The van der Waals surface area contributed by atoms with Crippen LogP contribution in [-0.4, -0.2) is 56.9 Å². The van der Waals surface area contributed by atoms with E-state index in [9.17, 15) is 4.79 Å². The maximum atomic E-state index is 12.5. The number of ether oxygens (including phenoxy) is 1. The SMILES string of the molecule is COc1cncc(C(=O)NC2CCN(c3nccc(-c4cnn(C)c4)n3)C2)c1. The molecule has 1 amide bonds. The van der Waals surface area contributed by atoms with Crippen LogP contribution >= 0.6 is 0 Å². The monoisotopic (exact) mass is 379 g/mol. The first-order chi connectivity index (χ1) is 13.6. The van der Waals surface area contributed by atoms with Gasteiger partial charge in [-0.25, -0.2) is 9.97 Å². The summed E-state index contributed by atoms with van der Waals surface area (Å²) in [6.07, 6.45) is 9.37. The first-order valence-electron chi connectivity index (χ1n) is 8.99. The lowest BCUT2D eigenvalue weighted by Gasteiger charge is -2.17. The van der Waals surface area contributed by atoms with E-state index >= 15 is 0 Å². The standard InChI is InChI=1S/C19H21N7O2/c1-25-11-14(9-22-25)17-3-5-21-19(24-17)26-6-4-15(12-26)23-18(27)13-7-16(28-2)10-20-8-13/h3,5,7-11,15H,4,6,12H2,1-2H3,(H,23,27). The van der Waals surface area contributed by atoms with Crippen molar-refractivity contribution < 1.29 is 9.53 Å². The molecular weight excluding hydrogens is 358 g/mol. The maximum absolute atomic E-state index is 12.5. The fraction of sp³-hybridized carbons (Fsp3) is 0.316. The lowest BCUT2D eigenvalue weighted by atomic mass is 10.2. The van der Waals surface area contributed by atoms with Crippen LogP contribution < -0.4 is 15.0 Å². The van der Waals surface area contributed by atoms with Crippen molar-refractivity contribution >= 4 is 11.9 Å². The Balaban J connectivity index is 1.42. The number of anilines is 1. The summed E-state index contributed by atoms with van der Waals surface area (Å²) in [5, 5.41) is 7.24. The van der Waals surface area contributed by atoms with Crippen LogP contribution in [0.4, 0.5) is 5.95 Å². The third-order valence-electron chi connectivity index (χ3n) is 4.66. The highest BCUT2D eigenvalue weighted by atomic mass is 16.5. The molecule has 0 spiro atoms. The quantitative estimate of drug-likeness (QED) is 0.713. The lowest BCUT2D eigenvalue weighted by molar-refractivity contribution is 0.0939. The first-order valence-corrected chi connectivity index (χ1v) is 8.99. The zero-order chi connectivity index (χ0) is 19.5. The molecule has 9 nitrogen and oxygen atoms in total. The summed E-state index contributed by atoms with van der Waals surface area (Å²) >= 11 is 0. The van der Waals surface area contributed by atoms with Crippen molar-refractivity contribution in [3.63, 3.8) is 0 Å². The number of amides is 1. The second kappa shape index (κ2) is 7.63. The number of methoxy groups -OCH3 is 1. The van der Waals surface area contributed by atoms with Crippen molar-refractivity contribution in [2.45, 2.75) is 12.5 Å². The van der Waals surface area contributed by atoms with Gasteiger partial charge >= 0.3 is 0 Å². The number of nitrogens with zero attached hydrogens (tertiary/aromatic N) is 6. The van der Waals surface area contributed by atoms with Crippen molar-refractivity contribution in [2.75, 3.05) is 25.1 Å². The molecule has 1 N–H and O–H groups in total. The number of carbonyl (C=O) groups excluding carboxylic acids is 1. The third-order valence-corrected chi connectivity index (χ3v) is 4.66. The molecule has 1 aliphatic heterocycles. The minimum atomic E-state index is -0.164. The molecule has 0 bridgehead atoms. The van der Waals surface area contributed by atoms with E-state index in [0.29, 0.717) is 23.8 Å². The molecule has 1 fully saturated rings. The Morgan fingerprint density at radius 2 is 2.21 bits per heavy atom. The predicted octanol–water partition coefficient (Wildman–Crippen LogP) is 1.29. The van der Waals surface area contributed by atoms with Gasteiger partial charge in [0.1, 0.15) is 5.75 Å². The van der Waals surface area contributed by atoms with Crippen LogP contribution in [0.3, 0.4) is 0 Å². The van der Waals surface area contributed by atoms with Gasteiger partial charge in [-0.1, -0.05) is 0 Å². The molecular formula is C19H21N7O2. The average molecular weight is 379 g/mol. The minimum absolute atomic E-state index is 0.0179. The van der Waals surface area contributed by atoms with Crippen molar-refractivity contribution in [3.05, 3.63) is 48.7 Å². The molecule has 28 heavy (non-hydrogen) atoms. The summed E-state index contributed by atoms with van der Waals surface area (Å²) in [6, 6.07) is 3.56. The molecule has 4 heterocycles. The normalized spacial score (nSPS) is 16.2. The van der Waals surface area contributed by atoms with E-state index in [4.69, 9.17) is 4.74 Å². The van der Waals surface area contributed by atoms with E-state index in [0.717, 1.165) is 24.2 Å². The van der Waals surface area contributed by atoms with E-state index in [1.165, 1.54) is 6.20 Å². The number of nitrogens with one attached hydrogen (secondary N) is 1. The number of hydrogen-bond acceptors (Lipinski definition) is 7. The molecule has 0 aromatic carbocycles. The Kier molecular flexibility index (Phi) is 4.88. The van der Waals surface area contributed by atoms with Gasteiger partial charge in [-0.05, 0) is 18.6 Å². The van der Waals surface area contributed by atoms with Crippen molar-refractivity contribution in [3.8, 4) is 17.0 Å². The summed E-state index contributed by atoms with van der Waals surface area (Å²) in [6.45, 7) is 1.43. The smallest absolute Gasteiger partial charge is 0.253 e. The molecule has 4 rings (SSSR count). The average Bonchev–Trinajstić information content (AvgIpc) is 3.37. The molecule has 0 aliphatic carbocycles. The van der Waals surface area contributed by atoms with Crippen LogP contribution in [0.5, 0.6) is 5.75 Å². The van der Waals surface area contributed by atoms with E-state index in [1.807, 2.05) is 19.3 Å². The van der Waals surface area contributed by atoms with Gasteiger partial charge in [0, 0.05) is 50.3 Å². The topological polar surface area (TPSA) is 98.1 Å². The molecule has 3 aromatic rings. The summed E-state index contributed by atoms with van der Waals surface area (Å²) in [5.41, 5.74) is 2.25. The molecule has 144 valence electrons. The molecule has 1 aliphatic rings. The van der Waals surface area contributed by atoms with Gasteiger partial charge in [0.05, 0.1) is 30.8 Å². The number of aryl methyl sites for hydroxylation is 1. The van der Waals surface area contributed by atoms with Crippen LogP contribution in [0.25, 0.3) is 11.3 Å². The second-order valence-electron chi connectivity index (χ2n) is 6.66. The van der Waals surface area contributed by atoms with Crippen LogP contribution in [-0.2, 0) is 7.05 Å². The van der Waals surface area contributed by atoms with Gasteiger partial charge in [-0.3, -0.25) is 14.5 Å². The fourth-order valence-corrected chi connectivity index (χ4v) is 3.20. The highest BCUT2D eigenvalue weighted by Gasteiger charge is 2.26. The summed E-state index contributed by atoms with van der Waals surface area (Å²) < 4.78 is 6.87. The highest BCUT2D eigenvalue weighted by molar-refractivity contribution is 5.94. The minimum Gasteiger partial charge on any atom is -0.495 e. The van der Waals surface area contributed by atoms with Crippen LogP contribution in [0.15, 0.2) is 43.1 Å². The summed E-state index contributed by atoms with van der Waals surface area (Å²) in [4.78, 5) is 27.6. The zero-order valence-electron chi connectivity index (χ0n) is 15.7. The Labute approximate surface area is 162 Å². The fourth-order valence-electron chi connectivity index (χ4n) is 3.20. The summed E-state index contributed by atoms with van der Waals surface area (Å²) in [7, 11) is 3.42. The largest absolute Gasteiger partial charge is 0.495 e. The summed E-state index contributed by atoms with van der Waals surface area (Å²) in [5.74, 6) is 1.05.